The zero-order chi connectivity index (χ0) is 23.3. The average Bonchev–Trinajstić information content (AvgIpc) is 3.18. The summed E-state index contributed by atoms with van der Waals surface area (Å²) in [5.74, 6) is 0. The summed E-state index contributed by atoms with van der Waals surface area (Å²) in [5, 5.41) is 3.50. The quantitative estimate of drug-likeness (QED) is 0.163. The maximum absolute atomic E-state index is 7.66. The standard InChI is InChI=1S/C29H27N2OSi/c1-19-18-23(20-13-15-21(16-14-20)33(4,5)6)27-22-10-9-11-24(30-2)28(22)32-29(27)26(19)25-12-7-8-17-31(25)3/h7-18H,1,3-6H3/q+1. The van der Waals surface area contributed by atoms with Gasteiger partial charge in [0.15, 0.2) is 6.20 Å². The average molecular weight is 448 g/mol. The van der Waals surface area contributed by atoms with Gasteiger partial charge in [-0.25, -0.2) is 9.41 Å². The third kappa shape index (κ3) is 3.46. The predicted molar refractivity (Wildman–Crippen MR) is 140 cm³/mol. The summed E-state index contributed by atoms with van der Waals surface area (Å²) in [7, 11) is 0.674. The molecule has 0 aliphatic rings. The Bertz CT molecular complexity index is 1560. The van der Waals surface area contributed by atoms with Crippen LogP contribution in [0, 0.1) is 13.5 Å². The molecular weight excluding hydrogens is 420 g/mol. The molecule has 0 amide bonds. The van der Waals surface area contributed by atoms with Gasteiger partial charge < -0.3 is 4.42 Å². The molecule has 2 aromatic heterocycles. The SMILES string of the molecule is [C-]#[N+]c1cccc2c1oc1c(-c3cccc[n+]3C)c(C)cc(-c3ccc([Si](C)(C)C)cc3)c12. The van der Waals surface area contributed by atoms with E-state index in [2.05, 4.69) is 97.8 Å². The van der Waals surface area contributed by atoms with Gasteiger partial charge >= 0.3 is 0 Å². The Hall–Kier alpha value is -3.68. The van der Waals surface area contributed by atoms with Gasteiger partial charge in [-0.05, 0) is 35.7 Å². The van der Waals surface area contributed by atoms with Crippen LogP contribution < -0.4 is 9.75 Å². The van der Waals surface area contributed by atoms with Crippen LogP contribution in [0.5, 0.6) is 0 Å². The van der Waals surface area contributed by atoms with Gasteiger partial charge in [0.05, 0.1) is 20.2 Å². The topological polar surface area (TPSA) is 21.4 Å². The molecule has 0 saturated heterocycles. The molecule has 0 unspecified atom stereocenters. The number of aromatic nitrogens is 1. The predicted octanol–water partition coefficient (Wildman–Crippen LogP) is 7.15. The highest BCUT2D eigenvalue weighted by Gasteiger charge is 2.24. The molecule has 33 heavy (non-hydrogen) atoms. The van der Waals surface area contributed by atoms with Crippen LogP contribution in [0.3, 0.4) is 0 Å². The molecule has 0 atom stereocenters. The summed E-state index contributed by atoms with van der Waals surface area (Å²) in [5.41, 5.74) is 7.67. The van der Waals surface area contributed by atoms with Crippen molar-refractivity contribution in [2.45, 2.75) is 26.6 Å². The van der Waals surface area contributed by atoms with E-state index in [0.717, 1.165) is 38.7 Å². The number of pyridine rings is 1. The number of hydrogen-bond donors (Lipinski definition) is 0. The summed E-state index contributed by atoms with van der Waals surface area (Å²) in [6, 6.07) is 23.3. The molecule has 5 rings (SSSR count). The zero-order valence-electron chi connectivity index (χ0n) is 19.7. The first-order chi connectivity index (χ1) is 15.8. The minimum atomic E-state index is -1.38. The molecule has 0 bridgehead atoms. The summed E-state index contributed by atoms with van der Waals surface area (Å²) in [6.45, 7) is 16.9. The van der Waals surface area contributed by atoms with E-state index >= 15 is 0 Å². The largest absolute Gasteiger partial charge is 0.466 e. The molecular formula is C29H27N2OSi+. The number of nitrogens with zero attached hydrogens (tertiary/aromatic N) is 2. The van der Waals surface area contributed by atoms with Crippen molar-refractivity contribution in [1.82, 2.24) is 0 Å². The van der Waals surface area contributed by atoms with Gasteiger partial charge in [-0.3, -0.25) is 0 Å². The van der Waals surface area contributed by atoms with Crippen LogP contribution in [-0.2, 0) is 7.05 Å². The Labute approximate surface area is 195 Å². The normalized spacial score (nSPS) is 11.8. The number of rotatable bonds is 3. The highest BCUT2D eigenvalue weighted by molar-refractivity contribution is 6.88. The van der Waals surface area contributed by atoms with Crippen molar-refractivity contribution in [1.29, 1.82) is 0 Å². The Balaban J connectivity index is 1.90. The maximum atomic E-state index is 7.66. The van der Waals surface area contributed by atoms with Crippen LogP contribution in [0.1, 0.15) is 5.56 Å². The summed E-state index contributed by atoms with van der Waals surface area (Å²) >= 11 is 0. The monoisotopic (exact) mass is 447 g/mol. The van der Waals surface area contributed by atoms with Gasteiger partial charge in [-0.15, -0.1) is 0 Å². The highest BCUT2D eigenvalue weighted by atomic mass is 28.3. The van der Waals surface area contributed by atoms with Crippen LogP contribution in [0.2, 0.25) is 19.6 Å². The van der Waals surface area contributed by atoms with E-state index in [4.69, 9.17) is 11.0 Å². The first kappa shape index (κ1) is 21.2. The Morgan fingerprint density at radius 3 is 2.33 bits per heavy atom. The fourth-order valence-corrected chi connectivity index (χ4v) is 5.82. The molecule has 0 aliphatic heterocycles. The molecule has 0 N–H and O–H groups in total. The molecule has 3 nitrogen and oxygen atoms in total. The van der Waals surface area contributed by atoms with E-state index in [1.165, 1.54) is 10.8 Å². The summed E-state index contributed by atoms with van der Waals surface area (Å²) in [6.07, 6.45) is 2.05. The maximum Gasteiger partial charge on any atom is 0.229 e. The minimum absolute atomic E-state index is 0.546. The van der Waals surface area contributed by atoms with Gasteiger partial charge in [0.25, 0.3) is 0 Å². The van der Waals surface area contributed by atoms with Crippen molar-refractivity contribution < 1.29 is 8.98 Å². The number of fused-ring (bicyclic) bond motifs is 3. The van der Waals surface area contributed by atoms with Crippen LogP contribution >= 0.6 is 0 Å². The van der Waals surface area contributed by atoms with E-state index in [0.29, 0.717) is 11.3 Å². The Kier molecular flexibility index (Phi) is 4.95. The number of hydrogen-bond acceptors (Lipinski definition) is 1. The lowest BCUT2D eigenvalue weighted by Crippen LogP contribution is -2.37. The molecule has 2 heterocycles. The third-order valence-electron chi connectivity index (χ3n) is 6.44. The lowest BCUT2D eigenvalue weighted by atomic mass is 9.92. The molecule has 3 aromatic carbocycles. The summed E-state index contributed by atoms with van der Waals surface area (Å²) < 4.78 is 8.63. The van der Waals surface area contributed by atoms with Crippen LogP contribution in [-0.4, -0.2) is 8.07 Å². The van der Waals surface area contributed by atoms with Crippen LogP contribution in [0.25, 0.3) is 49.2 Å². The van der Waals surface area contributed by atoms with Gasteiger partial charge in [0.1, 0.15) is 18.2 Å². The number of benzene rings is 3. The van der Waals surface area contributed by atoms with Crippen LogP contribution in [0.4, 0.5) is 5.69 Å². The van der Waals surface area contributed by atoms with Crippen molar-refractivity contribution in [3.8, 4) is 22.4 Å². The molecule has 5 aromatic rings. The lowest BCUT2D eigenvalue weighted by molar-refractivity contribution is -0.660. The third-order valence-corrected chi connectivity index (χ3v) is 8.51. The van der Waals surface area contributed by atoms with Crippen molar-refractivity contribution >= 4 is 40.9 Å². The van der Waals surface area contributed by atoms with Gasteiger partial charge in [0.2, 0.25) is 11.4 Å². The molecule has 4 heteroatoms. The molecule has 0 radical (unpaired) electrons. The first-order valence-corrected chi connectivity index (χ1v) is 14.7. The van der Waals surface area contributed by atoms with E-state index in [1.807, 2.05) is 18.2 Å². The molecule has 162 valence electrons. The van der Waals surface area contributed by atoms with Crippen molar-refractivity contribution in [2.75, 3.05) is 0 Å². The van der Waals surface area contributed by atoms with Crippen LogP contribution in [0.15, 0.2) is 77.3 Å². The highest BCUT2D eigenvalue weighted by Crippen LogP contribution is 2.44. The molecule has 0 spiro atoms. The van der Waals surface area contributed by atoms with Gasteiger partial charge in [-0.2, -0.15) is 0 Å². The summed E-state index contributed by atoms with van der Waals surface area (Å²) in [4.78, 5) is 3.73. The smallest absolute Gasteiger partial charge is 0.229 e. The minimum Gasteiger partial charge on any atom is -0.466 e. The first-order valence-electron chi connectivity index (χ1n) is 11.2. The second kappa shape index (κ2) is 7.72. The van der Waals surface area contributed by atoms with E-state index < -0.39 is 8.07 Å². The Morgan fingerprint density at radius 2 is 1.67 bits per heavy atom. The van der Waals surface area contributed by atoms with E-state index in [1.54, 1.807) is 0 Å². The van der Waals surface area contributed by atoms with E-state index in [-0.39, 0.29) is 0 Å². The fraction of sp³-hybridized carbons (Fsp3) is 0.172. The zero-order valence-corrected chi connectivity index (χ0v) is 20.7. The molecule has 0 fully saturated rings. The number of aryl methyl sites for hydroxylation is 2. The number of para-hydroxylation sites is 1. The lowest BCUT2D eigenvalue weighted by Gasteiger charge is -2.17. The Morgan fingerprint density at radius 1 is 0.909 bits per heavy atom. The fourth-order valence-electron chi connectivity index (χ4n) is 4.65. The molecule has 0 saturated carbocycles. The van der Waals surface area contributed by atoms with E-state index in [9.17, 15) is 0 Å². The second-order valence-corrected chi connectivity index (χ2v) is 14.8. The molecule has 0 aliphatic carbocycles. The van der Waals surface area contributed by atoms with Crippen molar-refractivity contribution in [2.24, 2.45) is 7.05 Å². The number of furan rings is 1. The van der Waals surface area contributed by atoms with Gasteiger partial charge in [-0.1, -0.05) is 67.3 Å². The van der Waals surface area contributed by atoms with Gasteiger partial charge in [0, 0.05) is 22.9 Å². The van der Waals surface area contributed by atoms with Crippen molar-refractivity contribution in [3.05, 3.63) is 89.9 Å². The van der Waals surface area contributed by atoms with Crippen molar-refractivity contribution in [3.63, 3.8) is 0 Å². The second-order valence-electron chi connectivity index (χ2n) is 9.71.